The molecule has 0 bridgehead atoms. The normalized spacial score (nSPS) is 14.8. The van der Waals surface area contributed by atoms with Gasteiger partial charge >= 0.3 is 0 Å². The highest BCUT2D eigenvalue weighted by Gasteiger charge is 2.27. The van der Waals surface area contributed by atoms with Crippen molar-refractivity contribution in [2.75, 3.05) is 39.3 Å². The topological polar surface area (TPSA) is 74.7 Å². The van der Waals surface area contributed by atoms with Crippen molar-refractivity contribution in [2.24, 2.45) is 7.05 Å². The highest BCUT2D eigenvalue weighted by molar-refractivity contribution is 5.95. The number of aliphatic hydroxyl groups excluding tert-OH is 1. The number of para-hydroxylation sites is 1. The number of aryl methyl sites for hydroxylation is 1. The number of benzene rings is 2. The maximum Gasteiger partial charge on any atom is 0.274 e. The van der Waals surface area contributed by atoms with Gasteiger partial charge in [0.25, 0.3) is 5.91 Å². The van der Waals surface area contributed by atoms with E-state index in [1.165, 1.54) is 0 Å². The van der Waals surface area contributed by atoms with E-state index in [4.69, 9.17) is 9.52 Å². The molecular formula is C26H28N4O3. The number of nitrogens with zero attached hydrogens (tertiary/aromatic N) is 4. The third kappa shape index (κ3) is 4.05. The van der Waals surface area contributed by atoms with E-state index < -0.39 is 0 Å². The molecule has 0 atom stereocenters. The standard InChI is InChI=1S/C26H28N4O3/c1-18-24(26(32)30-12-10-29(11-13-30)14-15-31)27-28(2)25(18)21-8-5-7-19(16-21)23-17-20-6-3-4-9-22(20)33-23/h3-9,16-17,31H,10-15H2,1-2H3. The number of carbonyl (C=O) groups is 1. The zero-order valence-corrected chi connectivity index (χ0v) is 19.0. The predicted molar refractivity (Wildman–Crippen MR) is 128 cm³/mol. The van der Waals surface area contributed by atoms with Gasteiger partial charge in [0, 0.05) is 61.8 Å². The first-order valence-corrected chi connectivity index (χ1v) is 11.3. The molecule has 1 saturated heterocycles. The van der Waals surface area contributed by atoms with Crippen molar-refractivity contribution >= 4 is 16.9 Å². The van der Waals surface area contributed by atoms with Crippen LogP contribution in [0, 0.1) is 6.92 Å². The number of amides is 1. The van der Waals surface area contributed by atoms with Gasteiger partial charge in [0.05, 0.1) is 12.3 Å². The van der Waals surface area contributed by atoms with Gasteiger partial charge < -0.3 is 14.4 Å². The summed E-state index contributed by atoms with van der Waals surface area (Å²) in [4.78, 5) is 17.3. The summed E-state index contributed by atoms with van der Waals surface area (Å²) < 4.78 is 7.85. The van der Waals surface area contributed by atoms with Gasteiger partial charge in [0.15, 0.2) is 5.69 Å². The highest BCUT2D eigenvalue weighted by Crippen LogP contribution is 2.32. The van der Waals surface area contributed by atoms with Crippen LogP contribution < -0.4 is 0 Å². The molecule has 1 fully saturated rings. The molecule has 1 aliphatic rings. The smallest absolute Gasteiger partial charge is 0.274 e. The first kappa shape index (κ1) is 21.4. The Labute approximate surface area is 192 Å². The van der Waals surface area contributed by atoms with Gasteiger partial charge in [0.2, 0.25) is 0 Å². The molecule has 2 aromatic carbocycles. The van der Waals surface area contributed by atoms with E-state index in [0.717, 1.165) is 52.2 Å². The maximum absolute atomic E-state index is 13.2. The Morgan fingerprint density at radius 2 is 1.79 bits per heavy atom. The quantitative estimate of drug-likeness (QED) is 0.510. The van der Waals surface area contributed by atoms with Crippen LogP contribution in [0.1, 0.15) is 16.1 Å². The summed E-state index contributed by atoms with van der Waals surface area (Å²) >= 11 is 0. The fraction of sp³-hybridized carbons (Fsp3) is 0.308. The third-order valence-corrected chi connectivity index (χ3v) is 6.41. The van der Waals surface area contributed by atoms with Crippen molar-refractivity contribution in [1.29, 1.82) is 0 Å². The average molecular weight is 445 g/mol. The Morgan fingerprint density at radius 3 is 2.55 bits per heavy atom. The molecule has 2 aromatic heterocycles. The van der Waals surface area contributed by atoms with Gasteiger partial charge in [-0.1, -0.05) is 36.4 Å². The lowest BCUT2D eigenvalue weighted by Crippen LogP contribution is -2.49. The van der Waals surface area contributed by atoms with E-state index >= 15 is 0 Å². The lowest BCUT2D eigenvalue weighted by Gasteiger charge is -2.34. The first-order chi connectivity index (χ1) is 16.0. The molecular weight excluding hydrogens is 416 g/mol. The number of furan rings is 1. The molecule has 1 aliphatic heterocycles. The molecule has 0 spiro atoms. The van der Waals surface area contributed by atoms with E-state index in [2.05, 4.69) is 22.1 Å². The van der Waals surface area contributed by atoms with Crippen LogP contribution in [0.5, 0.6) is 0 Å². The second-order valence-electron chi connectivity index (χ2n) is 8.53. The Morgan fingerprint density at radius 1 is 1.03 bits per heavy atom. The van der Waals surface area contributed by atoms with Crippen molar-refractivity contribution < 1.29 is 14.3 Å². The minimum absolute atomic E-state index is 0.0357. The monoisotopic (exact) mass is 444 g/mol. The predicted octanol–water partition coefficient (Wildman–Crippen LogP) is 3.56. The number of aliphatic hydroxyl groups is 1. The SMILES string of the molecule is Cc1c(C(=O)N2CCN(CCO)CC2)nn(C)c1-c1cccc(-c2cc3ccccc3o2)c1. The molecule has 33 heavy (non-hydrogen) atoms. The Kier molecular flexibility index (Phi) is 5.74. The zero-order chi connectivity index (χ0) is 22.9. The summed E-state index contributed by atoms with van der Waals surface area (Å²) in [7, 11) is 1.88. The van der Waals surface area contributed by atoms with Crippen LogP contribution in [-0.4, -0.2) is 69.9 Å². The lowest BCUT2D eigenvalue weighted by atomic mass is 10.0. The minimum atomic E-state index is -0.0357. The molecule has 0 unspecified atom stereocenters. The molecule has 170 valence electrons. The second kappa shape index (κ2) is 8.84. The molecule has 0 aliphatic carbocycles. The van der Waals surface area contributed by atoms with Crippen LogP contribution >= 0.6 is 0 Å². The van der Waals surface area contributed by atoms with Gasteiger partial charge in [-0.05, 0) is 25.1 Å². The van der Waals surface area contributed by atoms with Crippen LogP contribution in [0.15, 0.2) is 59.0 Å². The van der Waals surface area contributed by atoms with Crippen molar-refractivity contribution in [1.82, 2.24) is 19.6 Å². The summed E-state index contributed by atoms with van der Waals surface area (Å²) in [5.74, 6) is 0.779. The lowest BCUT2D eigenvalue weighted by molar-refractivity contribution is 0.0608. The van der Waals surface area contributed by atoms with Crippen LogP contribution in [0.3, 0.4) is 0 Å². The number of aromatic nitrogens is 2. The van der Waals surface area contributed by atoms with Crippen LogP contribution in [-0.2, 0) is 7.05 Å². The van der Waals surface area contributed by atoms with Crippen LogP contribution in [0.25, 0.3) is 33.6 Å². The van der Waals surface area contributed by atoms with E-state index in [1.807, 2.05) is 61.3 Å². The van der Waals surface area contributed by atoms with Crippen LogP contribution in [0.2, 0.25) is 0 Å². The summed E-state index contributed by atoms with van der Waals surface area (Å²) in [6, 6.07) is 18.2. The molecule has 3 heterocycles. The molecule has 1 N–H and O–H groups in total. The van der Waals surface area contributed by atoms with Gasteiger partial charge in [-0.3, -0.25) is 14.4 Å². The van der Waals surface area contributed by atoms with Gasteiger partial charge in [-0.2, -0.15) is 5.10 Å². The van der Waals surface area contributed by atoms with Crippen molar-refractivity contribution in [3.8, 4) is 22.6 Å². The summed E-state index contributed by atoms with van der Waals surface area (Å²) in [5.41, 5.74) is 5.14. The Balaban J connectivity index is 1.43. The van der Waals surface area contributed by atoms with E-state index in [9.17, 15) is 4.79 Å². The minimum Gasteiger partial charge on any atom is -0.456 e. The van der Waals surface area contributed by atoms with Gasteiger partial charge in [-0.25, -0.2) is 0 Å². The van der Waals surface area contributed by atoms with Crippen molar-refractivity contribution in [3.05, 3.63) is 65.9 Å². The molecule has 1 amide bonds. The third-order valence-electron chi connectivity index (χ3n) is 6.41. The average Bonchev–Trinajstić information content (AvgIpc) is 3.40. The van der Waals surface area contributed by atoms with E-state index in [1.54, 1.807) is 4.68 Å². The number of hydrogen-bond acceptors (Lipinski definition) is 5. The number of carbonyl (C=O) groups excluding carboxylic acids is 1. The second-order valence-corrected chi connectivity index (χ2v) is 8.53. The largest absolute Gasteiger partial charge is 0.456 e. The number of piperazine rings is 1. The maximum atomic E-state index is 13.2. The summed E-state index contributed by atoms with van der Waals surface area (Å²) in [6.45, 7) is 5.58. The van der Waals surface area contributed by atoms with Gasteiger partial charge in [-0.15, -0.1) is 0 Å². The fourth-order valence-corrected chi connectivity index (χ4v) is 4.65. The highest BCUT2D eigenvalue weighted by atomic mass is 16.3. The molecule has 4 aromatic rings. The number of fused-ring (bicyclic) bond motifs is 1. The van der Waals surface area contributed by atoms with Crippen LogP contribution in [0.4, 0.5) is 0 Å². The summed E-state index contributed by atoms with van der Waals surface area (Å²) in [5, 5.41) is 14.8. The summed E-state index contributed by atoms with van der Waals surface area (Å²) in [6.07, 6.45) is 0. The van der Waals surface area contributed by atoms with Crippen molar-refractivity contribution in [3.63, 3.8) is 0 Å². The molecule has 7 heteroatoms. The molecule has 5 rings (SSSR count). The first-order valence-electron chi connectivity index (χ1n) is 11.3. The van der Waals surface area contributed by atoms with E-state index in [0.29, 0.717) is 25.3 Å². The number of hydrogen-bond donors (Lipinski definition) is 1. The number of rotatable bonds is 5. The molecule has 7 nitrogen and oxygen atoms in total. The molecule has 0 saturated carbocycles. The Bertz CT molecular complexity index is 1270. The molecule has 0 radical (unpaired) electrons. The zero-order valence-electron chi connectivity index (χ0n) is 19.0. The Hall–Kier alpha value is -3.42. The van der Waals surface area contributed by atoms with Crippen molar-refractivity contribution in [2.45, 2.75) is 6.92 Å². The fourth-order valence-electron chi connectivity index (χ4n) is 4.65. The van der Waals surface area contributed by atoms with E-state index in [-0.39, 0.29) is 12.5 Å². The number of β-amino-alcohol motifs (C(OH)–C–C–N with tert-alkyl or cyclic N) is 1. The van der Waals surface area contributed by atoms with Gasteiger partial charge in [0.1, 0.15) is 11.3 Å².